The van der Waals surface area contributed by atoms with E-state index in [1.807, 2.05) is 72.8 Å². The van der Waals surface area contributed by atoms with Crippen molar-refractivity contribution in [2.75, 3.05) is 0 Å². The maximum Gasteiger partial charge on any atom is 0.225 e. The summed E-state index contributed by atoms with van der Waals surface area (Å²) in [5, 5.41) is 0. The fourth-order valence-corrected chi connectivity index (χ4v) is 3.47. The second-order valence-electron chi connectivity index (χ2n) is 6.71. The van der Waals surface area contributed by atoms with Crippen LogP contribution in [0.15, 0.2) is 95.5 Å². The van der Waals surface area contributed by atoms with Crippen LogP contribution in [-0.2, 0) is 13.2 Å². The van der Waals surface area contributed by atoms with Gasteiger partial charge in [-0.1, -0.05) is 76.6 Å². The predicted molar refractivity (Wildman–Crippen MR) is 119 cm³/mol. The number of ether oxygens (including phenoxy) is 2. The Morgan fingerprint density at radius 3 is 2.00 bits per heavy atom. The van der Waals surface area contributed by atoms with E-state index in [0.717, 1.165) is 11.1 Å². The number of hydrogen-bond acceptors (Lipinski definition) is 3. The minimum atomic E-state index is -0.335. The molecule has 0 saturated carbocycles. The SMILES string of the molecule is Fc1cc(Br)cc(-c2ccc(OCc3ccccc3)nc2OCc2ccccc2)c1. The summed E-state index contributed by atoms with van der Waals surface area (Å²) in [6, 6.07) is 28.0. The van der Waals surface area contributed by atoms with Gasteiger partial charge in [-0.15, -0.1) is 0 Å². The normalized spacial score (nSPS) is 10.6. The fourth-order valence-electron chi connectivity index (χ4n) is 3.00. The average molecular weight is 464 g/mol. The van der Waals surface area contributed by atoms with E-state index in [2.05, 4.69) is 20.9 Å². The van der Waals surface area contributed by atoms with E-state index < -0.39 is 0 Å². The third-order valence-corrected chi connectivity index (χ3v) is 4.91. The van der Waals surface area contributed by atoms with Crippen molar-refractivity contribution >= 4 is 15.9 Å². The van der Waals surface area contributed by atoms with Crippen LogP contribution in [0.4, 0.5) is 4.39 Å². The molecule has 0 spiro atoms. The van der Waals surface area contributed by atoms with Gasteiger partial charge in [0, 0.05) is 16.1 Å². The second-order valence-corrected chi connectivity index (χ2v) is 7.62. The summed E-state index contributed by atoms with van der Waals surface area (Å²) in [7, 11) is 0. The van der Waals surface area contributed by atoms with Crippen LogP contribution in [0, 0.1) is 5.82 Å². The third-order valence-electron chi connectivity index (χ3n) is 4.46. The summed E-state index contributed by atoms with van der Waals surface area (Å²) in [6.07, 6.45) is 0. The minimum absolute atomic E-state index is 0.335. The summed E-state index contributed by atoms with van der Waals surface area (Å²) < 4.78 is 26.5. The van der Waals surface area contributed by atoms with Crippen LogP contribution >= 0.6 is 15.9 Å². The number of benzene rings is 3. The fraction of sp³-hybridized carbons (Fsp3) is 0.0800. The highest BCUT2D eigenvalue weighted by atomic mass is 79.9. The molecular weight excluding hydrogens is 445 g/mol. The number of aromatic nitrogens is 1. The monoisotopic (exact) mass is 463 g/mol. The Labute approximate surface area is 183 Å². The molecule has 0 aliphatic carbocycles. The molecule has 0 radical (unpaired) electrons. The number of halogens is 2. The molecule has 150 valence electrons. The van der Waals surface area contributed by atoms with Crippen LogP contribution in [0.25, 0.3) is 11.1 Å². The molecule has 0 N–H and O–H groups in total. The Morgan fingerprint density at radius 2 is 1.37 bits per heavy atom. The molecule has 0 aliphatic heterocycles. The molecule has 0 unspecified atom stereocenters. The molecule has 0 atom stereocenters. The van der Waals surface area contributed by atoms with Gasteiger partial charge in [0.05, 0.1) is 0 Å². The van der Waals surface area contributed by atoms with Crippen molar-refractivity contribution in [3.05, 3.63) is 112 Å². The highest BCUT2D eigenvalue weighted by molar-refractivity contribution is 9.10. The van der Waals surface area contributed by atoms with E-state index in [1.54, 1.807) is 6.07 Å². The molecule has 4 rings (SSSR count). The van der Waals surface area contributed by atoms with E-state index in [-0.39, 0.29) is 5.82 Å². The number of rotatable bonds is 7. The second kappa shape index (κ2) is 9.55. The lowest BCUT2D eigenvalue weighted by atomic mass is 10.1. The summed E-state index contributed by atoms with van der Waals surface area (Å²) >= 11 is 3.35. The first-order chi connectivity index (χ1) is 14.7. The molecule has 0 amide bonds. The Hall–Kier alpha value is -3.18. The zero-order valence-corrected chi connectivity index (χ0v) is 17.7. The van der Waals surface area contributed by atoms with Gasteiger partial charge in [-0.2, -0.15) is 4.98 Å². The standard InChI is InChI=1S/C25H19BrFNO2/c26-21-13-20(14-22(27)15-21)23-11-12-24(29-16-18-7-3-1-4-8-18)28-25(23)30-17-19-9-5-2-6-10-19/h1-15H,16-17H2. The molecule has 1 aromatic heterocycles. The van der Waals surface area contributed by atoms with Crippen LogP contribution in [0.3, 0.4) is 0 Å². The minimum Gasteiger partial charge on any atom is -0.473 e. The summed E-state index contributed by atoms with van der Waals surface area (Å²) in [4.78, 5) is 4.56. The van der Waals surface area contributed by atoms with Gasteiger partial charge in [-0.3, -0.25) is 0 Å². The number of hydrogen-bond donors (Lipinski definition) is 0. The lowest BCUT2D eigenvalue weighted by molar-refractivity contribution is 0.268. The summed E-state index contributed by atoms with van der Waals surface area (Å²) in [5.74, 6) is 0.501. The Bertz CT molecular complexity index is 1100. The van der Waals surface area contributed by atoms with Crippen LogP contribution in [0.1, 0.15) is 11.1 Å². The lowest BCUT2D eigenvalue weighted by Gasteiger charge is -2.14. The first-order valence-electron chi connectivity index (χ1n) is 9.48. The third kappa shape index (κ3) is 5.24. The molecule has 1 heterocycles. The smallest absolute Gasteiger partial charge is 0.225 e. The maximum absolute atomic E-state index is 14.0. The average Bonchev–Trinajstić information content (AvgIpc) is 2.77. The first-order valence-corrected chi connectivity index (χ1v) is 10.3. The zero-order valence-electron chi connectivity index (χ0n) is 16.1. The topological polar surface area (TPSA) is 31.4 Å². The van der Waals surface area contributed by atoms with Crippen LogP contribution in [-0.4, -0.2) is 4.98 Å². The van der Waals surface area contributed by atoms with E-state index >= 15 is 0 Å². The molecule has 3 nitrogen and oxygen atoms in total. The highest BCUT2D eigenvalue weighted by Gasteiger charge is 2.13. The van der Waals surface area contributed by atoms with Crippen molar-refractivity contribution in [2.24, 2.45) is 0 Å². The van der Waals surface area contributed by atoms with Crippen molar-refractivity contribution in [2.45, 2.75) is 13.2 Å². The van der Waals surface area contributed by atoms with Gasteiger partial charge in [-0.05, 0) is 41.0 Å². The summed E-state index contributed by atoms with van der Waals surface area (Å²) in [6.45, 7) is 0.746. The van der Waals surface area contributed by atoms with E-state index in [9.17, 15) is 4.39 Å². The van der Waals surface area contributed by atoms with Crippen molar-refractivity contribution in [1.82, 2.24) is 4.98 Å². The molecule has 5 heteroatoms. The zero-order chi connectivity index (χ0) is 20.8. The molecule has 4 aromatic rings. The van der Waals surface area contributed by atoms with Gasteiger partial charge in [0.15, 0.2) is 0 Å². The molecular formula is C25H19BrFNO2. The largest absolute Gasteiger partial charge is 0.473 e. The van der Waals surface area contributed by atoms with E-state index in [1.165, 1.54) is 12.1 Å². The van der Waals surface area contributed by atoms with Gasteiger partial charge >= 0.3 is 0 Å². The Balaban J connectivity index is 1.62. The van der Waals surface area contributed by atoms with E-state index in [4.69, 9.17) is 9.47 Å². The highest BCUT2D eigenvalue weighted by Crippen LogP contribution is 2.33. The van der Waals surface area contributed by atoms with Crippen LogP contribution in [0.5, 0.6) is 11.8 Å². The van der Waals surface area contributed by atoms with Gasteiger partial charge in [0.25, 0.3) is 0 Å². The molecule has 0 aliphatic rings. The van der Waals surface area contributed by atoms with Gasteiger partial charge in [0.2, 0.25) is 11.8 Å². The lowest BCUT2D eigenvalue weighted by Crippen LogP contribution is -2.02. The van der Waals surface area contributed by atoms with Gasteiger partial charge in [-0.25, -0.2) is 4.39 Å². The van der Waals surface area contributed by atoms with Crippen molar-refractivity contribution in [1.29, 1.82) is 0 Å². The molecule has 3 aromatic carbocycles. The predicted octanol–water partition coefficient (Wildman–Crippen LogP) is 6.81. The van der Waals surface area contributed by atoms with Gasteiger partial charge < -0.3 is 9.47 Å². The Kier molecular flexibility index (Phi) is 6.40. The first kappa shape index (κ1) is 20.1. The van der Waals surface area contributed by atoms with Crippen molar-refractivity contribution in [3.8, 4) is 22.9 Å². The van der Waals surface area contributed by atoms with Crippen LogP contribution in [0.2, 0.25) is 0 Å². The maximum atomic E-state index is 14.0. The van der Waals surface area contributed by atoms with E-state index in [0.29, 0.717) is 40.6 Å². The quantitative estimate of drug-likeness (QED) is 0.301. The van der Waals surface area contributed by atoms with Crippen molar-refractivity contribution in [3.63, 3.8) is 0 Å². The molecule has 0 fully saturated rings. The number of nitrogens with zero attached hydrogens (tertiary/aromatic N) is 1. The van der Waals surface area contributed by atoms with Crippen LogP contribution < -0.4 is 9.47 Å². The molecule has 0 saturated heterocycles. The number of pyridine rings is 1. The molecule has 30 heavy (non-hydrogen) atoms. The Morgan fingerprint density at radius 1 is 0.733 bits per heavy atom. The summed E-state index contributed by atoms with van der Waals surface area (Å²) in [5.41, 5.74) is 3.43. The molecule has 0 bridgehead atoms. The van der Waals surface area contributed by atoms with Crippen molar-refractivity contribution < 1.29 is 13.9 Å². The van der Waals surface area contributed by atoms with Gasteiger partial charge in [0.1, 0.15) is 19.0 Å².